The molecule has 1 aliphatic heterocycles. The van der Waals surface area contributed by atoms with Gasteiger partial charge in [-0.2, -0.15) is 0 Å². The van der Waals surface area contributed by atoms with E-state index in [0.717, 1.165) is 37.0 Å². The Bertz CT molecular complexity index is 1170. The molecule has 4 rings (SSSR count). The minimum atomic E-state index is -3.30. The van der Waals surface area contributed by atoms with Crippen LogP contribution in [0.4, 0.5) is 5.69 Å². The topological polar surface area (TPSA) is 61.8 Å². The third-order valence-electron chi connectivity index (χ3n) is 5.49. The van der Waals surface area contributed by atoms with E-state index in [1.165, 1.54) is 16.7 Å². The lowest BCUT2D eigenvalue weighted by atomic mass is 9.95. The molecular weight excluding hydrogens is 406 g/mol. The predicted molar refractivity (Wildman–Crippen MR) is 127 cm³/mol. The molecule has 5 nitrogen and oxygen atoms in total. The molecule has 1 atom stereocenters. The summed E-state index contributed by atoms with van der Waals surface area (Å²) in [4.78, 5) is 7.43. The number of aryl methyl sites for hydroxylation is 1. The first-order valence-electron chi connectivity index (χ1n) is 10.4. The number of nitrogens with one attached hydrogen (secondary N) is 1. The van der Waals surface area contributed by atoms with Crippen molar-refractivity contribution in [3.63, 3.8) is 0 Å². The first-order chi connectivity index (χ1) is 14.9. The molecule has 6 heteroatoms. The van der Waals surface area contributed by atoms with Crippen LogP contribution >= 0.6 is 0 Å². The Morgan fingerprint density at radius 3 is 2.32 bits per heavy atom. The van der Waals surface area contributed by atoms with E-state index in [9.17, 15) is 8.42 Å². The first-order valence-corrected chi connectivity index (χ1v) is 12.3. The number of aliphatic imine (C=N–C) groups is 1. The Kier molecular flexibility index (Phi) is 6.09. The molecule has 0 aliphatic carbocycles. The summed E-state index contributed by atoms with van der Waals surface area (Å²) in [7, 11) is -1.20. The van der Waals surface area contributed by atoms with Gasteiger partial charge in [0, 0.05) is 25.7 Å². The van der Waals surface area contributed by atoms with Gasteiger partial charge in [-0.05, 0) is 40.8 Å². The highest BCUT2D eigenvalue weighted by Crippen LogP contribution is 2.33. The summed E-state index contributed by atoms with van der Waals surface area (Å²) in [5.41, 5.74) is 5.34. The molecular formula is C25H27N3O2S. The highest BCUT2D eigenvalue weighted by atomic mass is 32.2. The van der Waals surface area contributed by atoms with Crippen LogP contribution in [0.2, 0.25) is 0 Å². The van der Waals surface area contributed by atoms with Gasteiger partial charge in [-0.25, -0.2) is 8.42 Å². The third kappa shape index (κ3) is 5.33. The molecule has 0 bridgehead atoms. The summed E-state index contributed by atoms with van der Waals surface area (Å²) >= 11 is 0. The number of hydrogen-bond donors (Lipinski definition) is 1. The highest BCUT2D eigenvalue weighted by molar-refractivity contribution is 7.92. The molecule has 0 fully saturated rings. The van der Waals surface area contributed by atoms with Gasteiger partial charge >= 0.3 is 0 Å². The van der Waals surface area contributed by atoms with Crippen molar-refractivity contribution in [3.05, 3.63) is 101 Å². The highest BCUT2D eigenvalue weighted by Gasteiger charge is 2.23. The molecule has 160 valence electrons. The molecule has 0 spiro atoms. The zero-order chi connectivity index (χ0) is 21.8. The van der Waals surface area contributed by atoms with Crippen LogP contribution in [-0.4, -0.2) is 32.5 Å². The second kappa shape index (κ2) is 8.94. The van der Waals surface area contributed by atoms with Gasteiger partial charge in [-0.1, -0.05) is 66.7 Å². The van der Waals surface area contributed by atoms with Gasteiger partial charge in [0.2, 0.25) is 10.0 Å². The third-order valence-corrected chi connectivity index (χ3v) is 6.09. The van der Waals surface area contributed by atoms with Gasteiger partial charge < -0.3 is 4.90 Å². The van der Waals surface area contributed by atoms with E-state index in [1.807, 2.05) is 18.2 Å². The summed E-state index contributed by atoms with van der Waals surface area (Å²) in [6.07, 6.45) is 2.95. The van der Waals surface area contributed by atoms with Gasteiger partial charge in [-0.3, -0.25) is 9.71 Å². The molecule has 0 aromatic heterocycles. The van der Waals surface area contributed by atoms with Crippen LogP contribution in [0.1, 0.15) is 34.7 Å². The normalized spacial score (nSPS) is 16.3. The summed E-state index contributed by atoms with van der Waals surface area (Å²) in [6, 6.07) is 26.3. The fraction of sp³-hybridized carbons (Fsp3) is 0.240. The standard InChI is InChI=1S/C25H27N3O2S/c1-28-18-21-10-6-7-11-23(21)25(20-13-15-22(16-14-20)27-31(2,29)30)26-24(28)17-12-19-8-4-3-5-9-19/h3-11,13-16,25,27H,12,17-18H2,1-2H3. The maximum absolute atomic E-state index is 11.5. The summed E-state index contributed by atoms with van der Waals surface area (Å²) in [5, 5.41) is 0. The van der Waals surface area contributed by atoms with Crippen LogP contribution < -0.4 is 4.72 Å². The lowest BCUT2D eigenvalue weighted by molar-refractivity contribution is 0.490. The Labute approximate surface area is 184 Å². The first kappa shape index (κ1) is 21.1. The van der Waals surface area contributed by atoms with E-state index in [2.05, 4.69) is 65.2 Å². The minimum absolute atomic E-state index is 0.126. The van der Waals surface area contributed by atoms with Crippen molar-refractivity contribution in [1.82, 2.24) is 4.90 Å². The fourth-order valence-electron chi connectivity index (χ4n) is 3.97. The predicted octanol–water partition coefficient (Wildman–Crippen LogP) is 4.62. The van der Waals surface area contributed by atoms with E-state index < -0.39 is 10.0 Å². The largest absolute Gasteiger partial charge is 0.359 e. The second-order valence-corrected chi connectivity index (χ2v) is 9.73. The van der Waals surface area contributed by atoms with Gasteiger partial charge in [0.15, 0.2) is 0 Å². The number of anilines is 1. The molecule has 0 saturated carbocycles. The van der Waals surface area contributed by atoms with E-state index in [4.69, 9.17) is 4.99 Å². The summed E-state index contributed by atoms with van der Waals surface area (Å²) < 4.78 is 25.6. The number of fused-ring (bicyclic) bond motifs is 1. The molecule has 31 heavy (non-hydrogen) atoms. The number of nitrogens with zero attached hydrogens (tertiary/aromatic N) is 2. The molecule has 1 N–H and O–H groups in total. The molecule has 0 saturated heterocycles. The molecule has 0 amide bonds. The zero-order valence-electron chi connectivity index (χ0n) is 17.8. The van der Waals surface area contributed by atoms with Crippen LogP contribution in [0.15, 0.2) is 83.9 Å². The Hall–Kier alpha value is -3.12. The van der Waals surface area contributed by atoms with Crippen molar-refractivity contribution in [2.24, 2.45) is 4.99 Å². The lowest BCUT2D eigenvalue weighted by Gasteiger charge is -2.20. The SMILES string of the molecule is CN1Cc2ccccc2C(c2ccc(NS(C)(=O)=O)cc2)N=C1CCc1ccccc1. The van der Waals surface area contributed by atoms with Crippen LogP contribution in [-0.2, 0) is 23.0 Å². The smallest absolute Gasteiger partial charge is 0.229 e. The maximum Gasteiger partial charge on any atom is 0.229 e. The number of hydrogen-bond acceptors (Lipinski definition) is 4. The second-order valence-electron chi connectivity index (χ2n) is 7.98. The van der Waals surface area contributed by atoms with Gasteiger partial charge in [0.05, 0.1) is 6.26 Å². The van der Waals surface area contributed by atoms with Gasteiger partial charge in [-0.15, -0.1) is 0 Å². The van der Waals surface area contributed by atoms with E-state index in [0.29, 0.717) is 5.69 Å². The number of rotatable bonds is 6. The molecule has 3 aromatic rings. The molecule has 1 unspecified atom stereocenters. The summed E-state index contributed by atoms with van der Waals surface area (Å²) in [5.74, 6) is 1.07. The van der Waals surface area contributed by atoms with Crippen molar-refractivity contribution in [3.8, 4) is 0 Å². The zero-order valence-corrected chi connectivity index (χ0v) is 18.6. The van der Waals surface area contributed by atoms with Crippen molar-refractivity contribution < 1.29 is 8.42 Å². The monoisotopic (exact) mass is 433 g/mol. The summed E-state index contributed by atoms with van der Waals surface area (Å²) in [6.45, 7) is 0.814. The number of benzene rings is 3. The molecule has 1 aliphatic rings. The lowest BCUT2D eigenvalue weighted by Crippen LogP contribution is -2.26. The van der Waals surface area contributed by atoms with E-state index in [-0.39, 0.29) is 6.04 Å². The van der Waals surface area contributed by atoms with Crippen molar-refractivity contribution in [2.75, 3.05) is 18.0 Å². The average molecular weight is 434 g/mol. The average Bonchev–Trinajstić information content (AvgIpc) is 2.88. The Morgan fingerprint density at radius 2 is 1.61 bits per heavy atom. The number of sulfonamides is 1. The van der Waals surface area contributed by atoms with Crippen LogP contribution in [0.5, 0.6) is 0 Å². The molecule has 3 aromatic carbocycles. The van der Waals surface area contributed by atoms with Crippen LogP contribution in [0, 0.1) is 0 Å². The van der Waals surface area contributed by atoms with Gasteiger partial charge in [0.25, 0.3) is 0 Å². The van der Waals surface area contributed by atoms with E-state index >= 15 is 0 Å². The molecule has 0 radical (unpaired) electrons. The minimum Gasteiger partial charge on any atom is -0.359 e. The van der Waals surface area contributed by atoms with Crippen molar-refractivity contribution >= 4 is 21.5 Å². The Morgan fingerprint density at radius 1 is 0.935 bits per heavy atom. The maximum atomic E-state index is 11.5. The van der Waals surface area contributed by atoms with E-state index in [1.54, 1.807) is 12.1 Å². The molecule has 1 heterocycles. The quantitative estimate of drug-likeness (QED) is 0.617. The van der Waals surface area contributed by atoms with Crippen LogP contribution in [0.25, 0.3) is 0 Å². The van der Waals surface area contributed by atoms with Crippen LogP contribution in [0.3, 0.4) is 0 Å². The van der Waals surface area contributed by atoms with Crippen molar-refractivity contribution in [1.29, 1.82) is 0 Å². The fourth-order valence-corrected chi connectivity index (χ4v) is 4.53. The van der Waals surface area contributed by atoms with Crippen molar-refractivity contribution in [2.45, 2.75) is 25.4 Å². The number of amidine groups is 1. The Balaban J connectivity index is 1.67. The van der Waals surface area contributed by atoms with Gasteiger partial charge in [0.1, 0.15) is 11.9 Å².